The molecule has 0 bridgehead atoms. The summed E-state index contributed by atoms with van der Waals surface area (Å²) < 4.78 is 10.6. The van der Waals surface area contributed by atoms with Crippen molar-refractivity contribution in [3.05, 3.63) is 10.7 Å². The third-order valence-corrected chi connectivity index (χ3v) is 12.1. The van der Waals surface area contributed by atoms with E-state index in [4.69, 9.17) is 40.8 Å². The van der Waals surface area contributed by atoms with Crippen LogP contribution in [0.15, 0.2) is 10.7 Å². The molecule has 12 N–H and O–H groups in total. The molecule has 0 spiro atoms. The van der Waals surface area contributed by atoms with E-state index in [1.54, 1.807) is 6.92 Å². The lowest BCUT2D eigenvalue weighted by molar-refractivity contribution is -1.09. The molecule has 1 aliphatic heterocycles. The Hall–Kier alpha value is -5.22. The zero-order chi connectivity index (χ0) is 51.3. The highest BCUT2D eigenvalue weighted by Gasteiger charge is 2.56. The van der Waals surface area contributed by atoms with Crippen LogP contribution in [-0.2, 0) is 67.1 Å². The third kappa shape index (κ3) is 22.0. The smallest absolute Gasteiger partial charge is 0.385 e. The number of aliphatic hydroxyl groups is 1. The maximum Gasteiger partial charge on any atom is 0.385 e. The number of nitrogens with two attached hydrogens (primary N) is 2. The molecule has 0 aliphatic carbocycles. The summed E-state index contributed by atoms with van der Waals surface area (Å²) in [5, 5.41) is 38.6. The van der Waals surface area contributed by atoms with Crippen LogP contribution >= 0.6 is 23.5 Å². The Balaban J connectivity index is 0.0000104. The summed E-state index contributed by atoms with van der Waals surface area (Å²) in [6.45, 7) is 12.9. The van der Waals surface area contributed by atoms with Crippen molar-refractivity contribution in [2.45, 2.75) is 117 Å². The fraction of sp³-hybridized carbons (Fsp3) is 0.700. The number of hydroxylamine groups is 4. The first-order valence-electron chi connectivity index (χ1n) is 21.7. The molecule has 0 saturated carbocycles. The van der Waals surface area contributed by atoms with Gasteiger partial charge in [-0.3, -0.25) is 33.6 Å². The normalized spacial score (nSPS) is 16.1. The number of nitrogens with one attached hydrogen (secondary N) is 5. The zero-order valence-electron chi connectivity index (χ0n) is 39.1. The minimum Gasteiger partial charge on any atom is -0.501 e. The van der Waals surface area contributed by atoms with Crippen LogP contribution < -0.4 is 38.2 Å². The van der Waals surface area contributed by atoms with Crippen molar-refractivity contribution in [2.24, 2.45) is 11.5 Å². The van der Waals surface area contributed by atoms with E-state index >= 15 is 0 Å². The predicted molar refractivity (Wildman–Crippen MR) is 243 cm³/mol. The summed E-state index contributed by atoms with van der Waals surface area (Å²) >= 11 is 1.24. The molecule has 27 heteroatoms. The maximum absolute atomic E-state index is 13.7. The van der Waals surface area contributed by atoms with Crippen LogP contribution in [0.2, 0.25) is 0 Å². The lowest BCUT2D eigenvalue weighted by atomic mass is 10.1. The molecule has 0 fully saturated rings. The Morgan fingerprint density at radius 3 is 1.66 bits per heavy atom. The summed E-state index contributed by atoms with van der Waals surface area (Å²) in [5.74, 6) is -13.2. The SMILES string of the molecule is CCCC.CCNOC(=O)CNC(=O)C(CSC1=C(O)C(=O)OC1(CSCC(NC(=O)CCC(N)C(=O)O)C(=O)NCC(=O)O[N+](CC)(CC)CC)C(=O)OCC)NC(=O)CCC(N)C(=O)O. The Morgan fingerprint density at radius 1 is 0.746 bits per heavy atom. The second kappa shape index (κ2) is 32.5. The highest BCUT2D eigenvalue weighted by Crippen LogP contribution is 2.43. The number of cyclic esters (lactones) is 1. The maximum atomic E-state index is 13.7. The van der Waals surface area contributed by atoms with Gasteiger partial charge >= 0.3 is 35.8 Å². The predicted octanol–water partition coefficient (Wildman–Crippen LogP) is -1.12. The van der Waals surface area contributed by atoms with Crippen LogP contribution in [0.25, 0.3) is 0 Å². The molecule has 5 unspecified atom stereocenters. The van der Waals surface area contributed by atoms with Crippen LogP contribution in [0.1, 0.15) is 87.0 Å². The van der Waals surface area contributed by atoms with Crippen molar-refractivity contribution in [3.63, 3.8) is 0 Å². The number of nitrogens with zero attached hydrogens (tertiary/aromatic N) is 1. The second-order valence-electron chi connectivity index (χ2n) is 14.5. The number of quaternary nitrogens is 1. The summed E-state index contributed by atoms with van der Waals surface area (Å²) in [4.78, 5) is 136. The number of carbonyl (C=O) groups excluding carboxylic acids is 8. The van der Waals surface area contributed by atoms with Crippen molar-refractivity contribution in [1.82, 2.24) is 26.7 Å². The zero-order valence-corrected chi connectivity index (χ0v) is 40.7. The first-order valence-corrected chi connectivity index (χ1v) is 23.9. The van der Waals surface area contributed by atoms with Crippen LogP contribution in [-0.4, -0.2) is 172 Å². The Kier molecular flexibility index (Phi) is 29.9. The van der Waals surface area contributed by atoms with E-state index in [2.05, 4.69) is 40.6 Å². The number of carbonyl (C=O) groups is 10. The van der Waals surface area contributed by atoms with Gasteiger partial charge in [0.25, 0.3) is 5.60 Å². The van der Waals surface area contributed by atoms with Gasteiger partial charge in [-0.05, 0) is 47.5 Å². The lowest BCUT2D eigenvalue weighted by Crippen LogP contribution is -2.53. The van der Waals surface area contributed by atoms with Crippen molar-refractivity contribution in [3.8, 4) is 0 Å². The quantitative estimate of drug-likeness (QED) is 0.0165. The first-order chi connectivity index (χ1) is 31.6. The number of hydrogen-bond donors (Lipinski definition) is 10. The van der Waals surface area contributed by atoms with Crippen molar-refractivity contribution in [2.75, 3.05) is 63.1 Å². The van der Waals surface area contributed by atoms with Crippen LogP contribution in [0.4, 0.5) is 0 Å². The molecule has 0 aromatic rings. The first kappa shape index (κ1) is 61.8. The van der Waals surface area contributed by atoms with Crippen LogP contribution in [0, 0.1) is 0 Å². The summed E-state index contributed by atoms with van der Waals surface area (Å²) in [5.41, 5.74) is 10.9. The average Bonchev–Trinajstić information content (AvgIpc) is 3.55. The number of carboxylic acids is 2. The molecule has 1 aliphatic rings. The monoisotopic (exact) mass is 997 g/mol. The topological polar surface area (TPSA) is 380 Å². The number of thioether (sulfide) groups is 2. The highest BCUT2D eigenvalue weighted by molar-refractivity contribution is 8.03. The van der Waals surface area contributed by atoms with E-state index in [9.17, 15) is 53.1 Å². The van der Waals surface area contributed by atoms with Crippen LogP contribution in [0.5, 0.6) is 0 Å². The van der Waals surface area contributed by atoms with Crippen LogP contribution in [0.3, 0.4) is 0 Å². The molecular formula is C40H69N8O17S2+. The number of esters is 2. The van der Waals surface area contributed by atoms with E-state index in [0.29, 0.717) is 31.4 Å². The molecule has 382 valence electrons. The van der Waals surface area contributed by atoms with Gasteiger partial charge in [0, 0.05) is 36.6 Å². The van der Waals surface area contributed by atoms with E-state index in [0.717, 1.165) is 11.8 Å². The molecule has 1 rings (SSSR count). The molecular weight excluding hydrogens is 929 g/mol. The van der Waals surface area contributed by atoms with Gasteiger partial charge in [0.15, 0.2) is 0 Å². The van der Waals surface area contributed by atoms with Gasteiger partial charge in [-0.25, -0.2) is 19.2 Å². The van der Waals surface area contributed by atoms with E-state index in [1.165, 1.54) is 19.8 Å². The van der Waals surface area contributed by atoms with E-state index in [-0.39, 0.29) is 30.6 Å². The Labute approximate surface area is 397 Å². The van der Waals surface area contributed by atoms with Gasteiger partial charge in [-0.15, -0.1) is 16.4 Å². The molecule has 0 saturated heterocycles. The summed E-state index contributed by atoms with van der Waals surface area (Å²) in [6, 6.07) is -5.85. The second-order valence-corrected chi connectivity index (χ2v) is 16.6. The lowest BCUT2D eigenvalue weighted by Gasteiger charge is -2.31. The number of amides is 4. The molecule has 4 amide bonds. The standard InChI is InChI=1S/C36H58N8O17S2.C4H10/c1-6-41-60-26(47)15-39-31(51)23(43-25(46)14-12-21(38)33(54)55)18-63-29-28(49)34(56)59-36(29,35(57)58-10-5)19-62-17-22(42-24(45)13-11-20(37)32(52)53)30(50)40-16-27(48)61-44(7-2,8-3)9-4;1-3-4-2/h20-23,41H,6-19,37-38H2,1-5H3,(H6-,39,40,42,43,45,46,49,50,51,52,53,54,55);3-4H2,1-2H3/p+1. The van der Waals surface area contributed by atoms with Gasteiger partial charge in [-0.2, -0.15) is 17.2 Å². The average molecular weight is 998 g/mol. The van der Waals surface area contributed by atoms with Crippen molar-refractivity contribution >= 4 is 83.0 Å². The number of aliphatic carboxylic acids is 2. The fourth-order valence-corrected chi connectivity index (χ4v) is 7.84. The number of carboxylic acid groups (broad SMARTS) is 2. The molecule has 67 heavy (non-hydrogen) atoms. The molecule has 5 atom stereocenters. The van der Waals surface area contributed by atoms with Crippen molar-refractivity contribution in [1.29, 1.82) is 0 Å². The van der Waals surface area contributed by atoms with E-state index in [1.807, 2.05) is 20.8 Å². The molecule has 1 heterocycles. The summed E-state index contributed by atoms with van der Waals surface area (Å²) in [6.07, 6.45) is 1.12. The van der Waals surface area contributed by atoms with E-state index < -0.39 is 143 Å². The highest BCUT2D eigenvalue weighted by atomic mass is 32.2. The molecule has 0 aromatic carbocycles. The van der Waals surface area contributed by atoms with Gasteiger partial charge in [0.1, 0.15) is 56.9 Å². The van der Waals surface area contributed by atoms with Gasteiger partial charge in [0.05, 0.1) is 11.5 Å². The van der Waals surface area contributed by atoms with Gasteiger partial charge in [-0.1, -0.05) is 26.7 Å². The number of rotatable bonds is 32. The molecule has 0 aromatic heterocycles. The third-order valence-electron chi connectivity index (χ3n) is 9.60. The molecule has 0 radical (unpaired) electrons. The minimum absolute atomic E-state index is 0.0331. The fourth-order valence-electron chi connectivity index (χ4n) is 5.33. The minimum atomic E-state index is -2.44. The number of hydrogen-bond acceptors (Lipinski definition) is 20. The Morgan fingerprint density at radius 2 is 1.22 bits per heavy atom. The summed E-state index contributed by atoms with van der Waals surface area (Å²) in [7, 11) is 0. The number of unbranched alkanes of at least 4 members (excludes halogenated alkanes) is 1. The largest absolute Gasteiger partial charge is 0.501 e. The molecule has 25 nitrogen and oxygen atoms in total. The van der Waals surface area contributed by atoms with Gasteiger partial charge < -0.3 is 62.4 Å². The van der Waals surface area contributed by atoms with Gasteiger partial charge in [0.2, 0.25) is 29.4 Å². The van der Waals surface area contributed by atoms with Crippen molar-refractivity contribution < 1.29 is 87.1 Å². The Bertz CT molecular complexity index is 1720. The number of ether oxygens (including phenoxy) is 2. The number of aliphatic hydroxyl groups excluding tert-OH is 1.